The summed E-state index contributed by atoms with van der Waals surface area (Å²) in [6.45, 7) is 4.28. The number of hydrogen-bond donors (Lipinski definition) is 2. The maximum atomic E-state index is 9.00. The molecule has 0 aliphatic carbocycles. The molecule has 0 unspecified atom stereocenters. The Balaban J connectivity index is 2.97. The lowest BCUT2D eigenvalue weighted by atomic mass is 9.77. The Bertz CT molecular complexity index is 286. The Morgan fingerprint density at radius 3 is 2.62 bits per heavy atom. The largest absolute Gasteiger partial charge is 0.494 e. The van der Waals surface area contributed by atoms with Crippen molar-refractivity contribution >= 4 is 12.6 Å². The fraction of sp³-hybridized carbons (Fsp3) is 0.333. The van der Waals surface area contributed by atoms with E-state index in [2.05, 4.69) is 0 Å². The smallest absolute Gasteiger partial charge is 0.488 e. The molecule has 0 aliphatic rings. The first-order valence-electron chi connectivity index (χ1n) is 4.24. The maximum Gasteiger partial charge on any atom is 0.488 e. The van der Waals surface area contributed by atoms with E-state index < -0.39 is 7.12 Å². The predicted molar refractivity (Wildman–Crippen MR) is 52.2 cm³/mol. The van der Waals surface area contributed by atoms with E-state index in [0.717, 1.165) is 5.56 Å². The van der Waals surface area contributed by atoms with Gasteiger partial charge in [-0.2, -0.15) is 0 Å². The third-order valence-corrected chi connectivity index (χ3v) is 1.84. The lowest BCUT2D eigenvalue weighted by molar-refractivity contribution is 0.340. The average molecular weight is 180 g/mol. The highest BCUT2D eigenvalue weighted by Gasteiger charge is 2.14. The van der Waals surface area contributed by atoms with E-state index >= 15 is 0 Å². The zero-order valence-electron chi connectivity index (χ0n) is 7.82. The van der Waals surface area contributed by atoms with Crippen LogP contribution in [0.5, 0.6) is 5.75 Å². The maximum absolute atomic E-state index is 9.00. The minimum Gasteiger partial charge on any atom is -0.494 e. The van der Waals surface area contributed by atoms with E-state index in [0.29, 0.717) is 17.8 Å². The summed E-state index contributed by atoms with van der Waals surface area (Å²) in [7, 11) is -1.43. The van der Waals surface area contributed by atoms with Gasteiger partial charge in [0.2, 0.25) is 0 Å². The van der Waals surface area contributed by atoms with Gasteiger partial charge in [-0.25, -0.2) is 0 Å². The summed E-state index contributed by atoms with van der Waals surface area (Å²) in [6, 6.07) is 5.26. The normalized spacial score (nSPS) is 9.85. The van der Waals surface area contributed by atoms with Crippen molar-refractivity contribution in [2.24, 2.45) is 0 Å². The van der Waals surface area contributed by atoms with Gasteiger partial charge < -0.3 is 14.8 Å². The predicted octanol–water partition coefficient (Wildman–Crippen LogP) is 0.0735. The molecule has 0 radical (unpaired) electrons. The van der Waals surface area contributed by atoms with Crippen LogP contribution in [-0.4, -0.2) is 23.8 Å². The third kappa shape index (κ3) is 2.47. The lowest BCUT2D eigenvalue weighted by Crippen LogP contribution is -2.32. The molecule has 0 spiro atoms. The molecule has 0 saturated carbocycles. The van der Waals surface area contributed by atoms with Crippen LogP contribution in [0.3, 0.4) is 0 Å². The van der Waals surface area contributed by atoms with Crippen molar-refractivity contribution in [1.29, 1.82) is 0 Å². The molecule has 1 aromatic rings. The molecule has 13 heavy (non-hydrogen) atoms. The van der Waals surface area contributed by atoms with Crippen molar-refractivity contribution in [2.45, 2.75) is 13.8 Å². The van der Waals surface area contributed by atoms with E-state index in [9.17, 15) is 0 Å². The first-order valence-corrected chi connectivity index (χ1v) is 4.24. The summed E-state index contributed by atoms with van der Waals surface area (Å²) in [4.78, 5) is 0. The van der Waals surface area contributed by atoms with Crippen LogP contribution in [-0.2, 0) is 0 Å². The molecule has 1 aromatic carbocycles. The highest BCUT2D eigenvalue weighted by Crippen LogP contribution is 2.09. The molecule has 70 valence electrons. The summed E-state index contributed by atoms with van der Waals surface area (Å²) >= 11 is 0. The van der Waals surface area contributed by atoms with Crippen LogP contribution in [0.15, 0.2) is 18.2 Å². The number of benzene rings is 1. The van der Waals surface area contributed by atoms with Crippen LogP contribution in [0.4, 0.5) is 0 Å². The van der Waals surface area contributed by atoms with Gasteiger partial charge in [-0.15, -0.1) is 0 Å². The highest BCUT2D eigenvalue weighted by molar-refractivity contribution is 6.59. The van der Waals surface area contributed by atoms with Crippen molar-refractivity contribution in [3.63, 3.8) is 0 Å². The van der Waals surface area contributed by atoms with Gasteiger partial charge in [0.15, 0.2) is 0 Å². The second-order valence-corrected chi connectivity index (χ2v) is 2.83. The Morgan fingerprint density at radius 2 is 2.08 bits per heavy atom. The molecule has 0 amide bonds. The molecule has 3 nitrogen and oxygen atoms in total. The highest BCUT2D eigenvalue weighted by atomic mass is 16.5. The molecule has 0 aromatic heterocycles. The van der Waals surface area contributed by atoms with Gasteiger partial charge in [-0.05, 0) is 31.4 Å². The fourth-order valence-electron chi connectivity index (χ4n) is 1.15. The zero-order valence-corrected chi connectivity index (χ0v) is 7.82. The quantitative estimate of drug-likeness (QED) is 0.647. The molecule has 0 fully saturated rings. The molecule has 4 heteroatoms. The molecule has 0 saturated heterocycles. The molecular formula is C9H13BO3. The number of aryl methyl sites for hydroxylation is 1. The first kappa shape index (κ1) is 10.1. The van der Waals surface area contributed by atoms with Gasteiger partial charge in [0.1, 0.15) is 5.75 Å². The third-order valence-electron chi connectivity index (χ3n) is 1.84. The fourth-order valence-corrected chi connectivity index (χ4v) is 1.15. The van der Waals surface area contributed by atoms with Crippen molar-refractivity contribution in [2.75, 3.05) is 6.61 Å². The second kappa shape index (κ2) is 4.30. The van der Waals surface area contributed by atoms with Gasteiger partial charge in [0.25, 0.3) is 0 Å². The topological polar surface area (TPSA) is 49.7 Å². The second-order valence-electron chi connectivity index (χ2n) is 2.83. The van der Waals surface area contributed by atoms with Crippen molar-refractivity contribution in [3.05, 3.63) is 23.8 Å². The van der Waals surface area contributed by atoms with Crippen LogP contribution in [0.25, 0.3) is 0 Å². The monoisotopic (exact) mass is 180 g/mol. The van der Waals surface area contributed by atoms with Crippen molar-refractivity contribution in [3.8, 4) is 5.75 Å². The number of rotatable bonds is 3. The average Bonchev–Trinajstić information content (AvgIpc) is 2.08. The standard InChI is InChI=1S/C9H13BO3/c1-3-13-8-5-4-7(2)9(6-8)10(11)12/h4-6,11-12H,3H2,1-2H3. The lowest BCUT2D eigenvalue weighted by Gasteiger charge is -2.08. The molecule has 0 aliphatic heterocycles. The van der Waals surface area contributed by atoms with Crippen molar-refractivity contribution in [1.82, 2.24) is 0 Å². The van der Waals surface area contributed by atoms with Gasteiger partial charge in [0.05, 0.1) is 6.61 Å². The SMILES string of the molecule is CCOc1ccc(C)c(B(O)O)c1. The molecule has 0 heterocycles. The Kier molecular flexibility index (Phi) is 3.34. The van der Waals surface area contributed by atoms with Crippen LogP contribution < -0.4 is 10.2 Å². The molecule has 1 rings (SSSR count). The summed E-state index contributed by atoms with van der Waals surface area (Å²) in [5.74, 6) is 0.663. The van der Waals surface area contributed by atoms with E-state index in [1.807, 2.05) is 19.9 Å². The summed E-state index contributed by atoms with van der Waals surface area (Å²) in [6.07, 6.45) is 0. The Labute approximate surface area is 78.1 Å². The number of ether oxygens (including phenoxy) is 1. The van der Waals surface area contributed by atoms with E-state index in [-0.39, 0.29) is 0 Å². The molecule has 2 N–H and O–H groups in total. The summed E-state index contributed by atoms with van der Waals surface area (Å²) < 4.78 is 5.23. The molecule has 0 atom stereocenters. The Morgan fingerprint density at radius 1 is 1.38 bits per heavy atom. The van der Waals surface area contributed by atoms with Crippen LogP contribution in [0.2, 0.25) is 0 Å². The Hall–Kier alpha value is -0.995. The van der Waals surface area contributed by atoms with E-state index in [4.69, 9.17) is 14.8 Å². The van der Waals surface area contributed by atoms with Gasteiger partial charge in [0, 0.05) is 0 Å². The van der Waals surface area contributed by atoms with E-state index in [1.165, 1.54) is 0 Å². The first-order chi connectivity index (χ1) is 6.15. The van der Waals surface area contributed by atoms with Gasteiger partial charge in [-0.3, -0.25) is 0 Å². The minimum atomic E-state index is -1.43. The number of hydrogen-bond acceptors (Lipinski definition) is 3. The van der Waals surface area contributed by atoms with Crippen molar-refractivity contribution < 1.29 is 14.8 Å². The molecule has 0 bridgehead atoms. The van der Waals surface area contributed by atoms with Crippen LogP contribution >= 0.6 is 0 Å². The van der Waals surface area contributed by atoms with Gasteiger partial charge >= 0.3 is 7.12 Å². The summed E-state index contributed by atoms with van der Waals surface area (Å²) in [5.41, 5.74) is 1.34. The molecular weight excluding hydrogens is 167 g/mol. The van der Waals surface area contributed by atoms with Crippen LogP contribution in [0, 0.1) is 6.92 Å². The van der Waals surface area contributed by atoms with Gasteiger partial charge in [-0.1, -0.05) is 11.6 Å². The minimum absolute atomic E-state index is 0.492. The summed E-state index contributed by atoms with van der Waals surface area (Å²) in [5, 5.41) is 18.0. The zero-order chi connectivity index (χ0) is 9.84. The van der Waals surface area contributed by atoms with Crippen LogP contribution in [0.1, 0.15) is 12.5 Å². The van der Waals surface area contributed by atoms with E-state index in [1.54, 1.807) is 12.1 Å².